The molecule has 2 rings (SSSR count). The third kappa shape index (κ3) is 2.57. The number of hydrogen-bond acceptors (Lipinski definition) is 4. The van der Waals surface area contributed by atoms with Crippen LogP contribution in [0.1, 0.15) is 5.56 Å². The highest BCUT2D eigenvalue weighted by Crippen LogP contribution is 2.41. The summed E-state index contributed by atoms with van der Waals surface area (Å²) in [6.45, 7) is 1.93. The average molecular weight is 259 g/mol. The second-order valence-electron chi connectivity index (χ2n) is 4.08. The van der Waals surface area contributed by atoms with E-state index in [2.05, 4.69) is 0 Å². The Morgan fingerprint density at radius 1 is 0.842 bits per heavy atom. The Balaban J connectivity index is 2.45. The van der Waals surface area contributed by atoms with E-state index in [1.54, 1.807) is 14.2 Å². The fourth-order valence-electron chi connectivity index (χ4n) is 1.77. The van der Waals surface area contributed by atoms with Crippen LogP contribution in [0.25, 0.3) is 0 Å². The molecule has 0 atom stereocenters. The number of hydrogen-bond donors (Lipinski definition) is 1. The molecule has 100 valence electrons. The molecule has 0 saturated heterocycles. The predicted octanol–water partition coefficient (Wildman–Crippen LogP) is 3.39. The molecular weight excluding hydrogens is 242 g/mol. The van der Waals surface area contributed by atoms with Gasteiger partial charge in [0.25, 0.3) is 0 Å². The van der Waals surface area contributed by atoms with E-state index in [0.29, 0.717) is 28.7 Å². The lowest BCUT2D eigenvalue weighted by Gasteiger charge is -2.15. The molecule has 0 aromatic heterocycles. The van der Waals surface area contributed by atoms with E-state index >= 15 is 0 Å². The van der Waals surface area contributed by atoms with Crippen molar-refractivity contribution in [3.63, 3.8) is 0 Å². The molecule has 0 aliphatic rings. The maximum Gasteiger partial charge on any atom is 0.211 e. The van der Waals surface area contributed by atoms with E-state index in [1.807, 2.05) is 43.3 Å². The number of aryl methyl sites for hydroxylation is 1. The lowest BCUT2D eigenvalue weighted by atomic mass is 10.2. The van der Waals surface area contributed by atoms with Gasteiger partial charge in [0.05, 0.1) is 19.9 Å². The van der Waals surface area contributed by atoms with Gasteiger partial charge < -0.3 is 19.9 Å². The second-order valence-corrected chi connectivity index (χ2v) is 4.08. The van der Waals surface area contributed by atoms with Gasteiger partial charge in [-0.15, -0.1) is 0 Å². The fourth-order valence-corrected chi connectivity index (χ4v) is 1.77. The van der Waals surface area contributed by atoms with Gasteiger partial charge in [-0.3, -0.25) is 0 Å². The Morgan fingerprint density at radius 2 is 1.37 bits per heavy atom. The minimum atomic E-state index is 0.518. The van der Waals surface area contributed by atoms with Crippen molar-refractivity contribution in [1.82, 2.24) is 0 Å². The zero-order valence-electron chi connectivity index (χ0n) is 11.3. The molecule has 0 spiro atoms. The van der Waals surface area contributed by atoms with Crippen LogP contribution in [0.2, 0.25) is 0 Å². The highest BCUT2D eigenvalue weighted by Gasteiger charge is 2.14. The quantitative estimate of drug-likeness (QED) is 0.855. The molecule has 2 aromatic rings. The number of methoxy groups -OCH3 is 2. The maximum atomic E-state index is 6.01. The lowest BCUT2D eigenvalue weighted by molar-refractivity contribution is 0.347. The van der Waals surface area contributed by atoms with Crippen molar-refractivity contribution in [1.29, 1.82) is 0 Å². The van der Waals surface area contributed by atoms with Crippen LogP contribution in [-0.2, 0) is 0 Å². The van der Waals surface area contributed by atoms with Crippen LogP contribution in [0.15, 0.2) is 36.4 Å². The molecule has 0 radical (unpaired) electrons. The molecule has 0 amide bonds. The zero-order valence-corrected chi connectivity index (χ0v) is 11.3. The van der Waals surface area contributed by atoms with Crippen molar-refractivity contribution in [3.8, 4) is 23.0 Å². The van der Waals surface area contributed by atoms with Crippen molar-refractivity contribution < 1.29 is 14.2 Å². The third-order valence-electron chi connectivity index (χ3n) is 2.88. The Labute approximate surface area is 112 Å². The molecule has 0 aliphatic heterocycles. The molecule has 0 fully saturated rings. The highest BCUT2D eigenvalue weighted by molar-refractivity contribution is 5.61. The zero-order chi connectivity index (χ0) is 13.8. The summed E-state index contributed by atoms with van der Waals surface area (Å²) in [7, 11) is 3.17. The average Bonchev–Trinajstić information content (AvgIpc) is 2.44. The van der Waals surface area contributed by atoms with Gasteiger partial charge in [-0.2, -0.15) is 0 Å². The van der Waals surface area contributed by atoms with Gasteiger partial charge in [0, 0.05) is 0 Å². The molecule has 4 heteroatoms. The van der Waals surface area contributed by atoms with Crippen LogP contribution >= 0.6 is 0 Å². The lowest BCUT2D eigenvalue weighted by Crippen LogP contribution is -1.98. The van der Waals surface area contributed by atoms with Crippen molar-refractivity contribution in [2.45, 2.75) is 6.92 Å². The van der Waals surface area contributed by atoms with Gasteiger partial charge in [-0.1, -0.05) is 18.2 Å². The molecule has 0 bridgehead atoms. The molecule has 2 N–H and O–H groups in total. The first kappa shape index (κ1) is 13.1. The summed E-state index contributed by atoms with van der Waals surface area (Å²) in [5.74, 6) is 2.30. The van der Waals surface area contributed by atoms with Crippen LogP contribution in [0.5, 0.6) is 23.0 Å². The van der Waals surface area contributed by atoms with E-state index in [0.717, 1.165) is 5.56 Å². The van der Waals surface area contributed by atoms with E-state index in [-0.39, 0.29) is 0 Å². The van der Waals surface area contributed by atoms with E-state index in [9.17, 15) is 0 Å². The Morgan fingerprint density at radius 3 is 1.95 bits per heavy atom. The number of ether oxygens (including phenoxy) is 3. The van der Waals surface area contributed by atoms with Crippen molar-refractivity contribution in [3.05, 3.63) is 42.0 Å². The summed E-state index contributed by atoms with van der Waals surface area (Å²) < 4.78 is 16.4. The van der Waals surface area contributed by atoms with Crippen molar-refractivity contribution in [2.24, 2.45) is 0 Å². The van der Waals surface area contributed by atoms with Crippen molar-refractivity contribution >= 4 is 5.69 Å². The monoisotopic (exact) mass is 259 g/mol. The molecule has 0 saturated carbocycles. The van der Waals surface area contributed by atoms with Crippen LogP contribution in [0, 0.1) is 6.92 Å². The summed E-state index contributed by atoms with van der Waals surface area (Å²) >= 11 is 0. The molecule has 0 heterocycles. The normalized spacial score (nSPS) is 10.1. The number of para-hydroxylation sites is 2. The summed E-state index contributed by atoms with van der Waals surface area (Å²) in [4.78, 5) is 0. The van der Waals surface area contributed by atoms with Gasteiger partial charge >= 0.3 is 0 Å². The summed E-state index contributed by atoms with van der Waals surface area (Å²) in [5, 5.41) is 0. The Hall–Kier alpha value is -2.36. The van der Waals surface area contributed by atoms with Gasteiger partial charge in [0.1, 0.15) is 0 Å². The Bertz CT molecular complexity index is 559. The third-order valence-corrected chi connectivity index (χ3v) is 2.88. The molecule has 0 aliphatic carbocycles. The van der Waals surface area contributed by atoms with Crippen molar-refractivity contribution in [2.75, 3.05) is 20.0 Å². The van der Waals surface area contributed by atoms with Crippen LogP contribution in [-0.4, -0.2) is 14.2 Å². The highest BCUT2D eigenvalue weighted by atomic mass is 16.5. The fraction of sp³-hybridized carbons (Fsp3) is 0.200. The van der Waals surface area contributed by atoms with Gasteiger partial charge in [-0.05, 0) is 30.7 Å². The predicted molar refractivity (Wildman–Crippen MR) is 75.2 cm³/mol. The summed E-state index contributed by atoms with van der Waals surface area (Å²) in [5.41, 5.74) is 7.58. The molecular formula is C15H17NO3. The molecule has 19 heavy (non-hydrogen) atoms. The first-order valence-electron chi connectivity index (χ1n) is 5.91. The van der Waals surface area contributed by atoms with Gasteiger partial charge in [0.2, 0.25) is 5.75 Å². The number of benzene rings is 2. The SMILES string of the molecule is COc1cccc(OC)c1Oc1cccc(C)c1N. The molecule has 4 nitrogen and oxygen atoms in total. The van der Waals surface area contributed by atoms with E-state index in [4.69, 9.17) is 19.9 Å². The number of anilines is 1. The maximum absolute atomic E-state index is 6.01. The summed E-state index contributed by atoms with van der Waals surface area (Å²) in [6, 6.07) is 11.1. The molecule has 2 aromatic carbocycles. The van der Waals surface area contributed by atoms with Crippen LogP contribution < -0.4 is 19.9 Å². The smallest absolute Gasteiger partial charge is 0.211 e. The summed E-state index contributed by atoms with van der Waals surface area (Å²) in [6.07, 6.45) is 0. The van der Waals surface area contributed by atoms with E-state index < -0.39 is 0 Å². The van der Waals surface area contributed by atoms with Gasteiger partial charge in [0.15, 0.2) is 17.2 Å². The standard InChI is InChI=1S/C15H17NO3/c1-10-6-4-7-11(14(10)16)19-15-12(17-2)8-5-9-13(15)18-3/h4-9H,16H2,1-3H3. The number of nitrogen functional groups attached to an aromatic ring is 1. The second kappa shape index (κ2) is 5.52. The topological polar surface area (TPSA) is 53.7 Å². The largest absolute Gasteiger partial charge is 0.493 e. The Kier molecular flexibility index (Phi) is 3.80. The van der Waals surface area contributed by atoms with E-state index in [1.165, 1.54) is 0 Å². The van der Waals surface area contributed by atoms with Gasteiger partial charge in [-0.25, -0.2) is 0 Å². The minimum Gasteiger partial charge on any atom is -0.493 e. The van der Waals surface area contributed by atoms with Crippen LogP contribution in [0.4, 0.5) is 5.69 Å². The van der Waals surface area contributed by atoms with Crippen LogP contribution in [0.3, 0.4) is 0 Å². The molecule has 0 unspecified atom stereocenters. The minimum absolute atomic E-state index is 0.518. The number of rotatable bonds is 4. The number of nitrogens with two attached hydrogens (primary N) is 1. The first-order chi connectivity index (χ1) is 9.17. The first-order valence-corrected chi connectivity index (χ1v) is 5.91.